The first-order valence-corrected chi connectivity index (χ1v) is 8.66. The topological polar surface area (TPSA) is 20.3 Å². The molecule has 5 heteroatoms. The lowest BCUT2D eigenvalue weighted by atomic mass is 10.2. The van der Waals surface area contributed by atoms with Gasteiger partial charge in [0.25, 0.3) is 5.91 Å². The van der Waals surface area contributed by atoms with Gasteiger partial charge in [-0.2, -0.15) is 0 Å². The Morgan fingerprint density at radius 3 is 2.59 bits per heavy atom. The lowest BCUT2D eigenvalue weighted by Gasteiger charge is -2.14. The van der Waals surface area contributed by atoms with E-state index in [0.29, 0.717) is 9.23 Å². The molecule has 0 unspecified atom stereocenters. The van der Waals surface area contributed by atoms with Crippen molar-refractivity contribution in [3.8, 4) is 0 Å². The van der Waals surface area contributed by atoms with Crippen molar-refractivity contribution in [1.82, 2.24) is 0 Å². The quantitative estimate of drug-likeness (QED) is 0.522. The van der Waals surface area contributed by atoms with Crippen molar-refractivity contribution in [2.24, 2.45) is 0 Å². The fourth-order valence-corrected chi connectivity index (χ4v) is 3.73. The molecule has 0 aliphatic carbocycles. The maximum atomic E-state index is 12.6. The van der Waals surface area contributed by atoms with Crippen molar-refractivity contribution >= 4 is 61.9 Å². The Morgan fingerprint density at radius 2 is 1.91 bits per heavy atom. The minimum Gasteiger partial charge on any atom is -0.268 e. The molecule has 3 rings (SSSR count). The minimum atomic E-state index is -0.0662. The fraction of sp³-hybridized carbons (Fsp3) is 0.0588. The summed E-state index contributed by atoms with van der Waals surface area (Å²) < 4.78 is 1.58. The number of thioether (sulfide) groups is 1. The van der Waals surface area contributed by atoms with Crippen LogP contribution in [0.1, 0.15) is 11.1 Å². The number of anilines is 1. The number of carbonyl (C=O) groups excluding carboxylic acids is 1. The summed E-state index contributed by atoms with van der Waals surface area (Å²) in [6, 6.07) is 15.6. The van der Waals surface area contributed by atoms with Crippen LogP contribution >= 0.6 is 39.9 Å². The zero-order valence-corrected chi connectivity index (χ0v) is 15.0. The van der Waals surface area contributed by atoms with Crippen molar-refractivity contribution < 1.29 is 4.79 Å². The van der Waals surface area contributed by atoms with E-state index in [1.807, 2.05) is 61.5 Å². The Kier molecular flexibility index (Phi) is 4.47. The maximum Gasteiger partial charge on any atom is 0.270 e. The minimum absolute atomic E-state index is 0.0662. The van der Waals surface area contributed by atoms with Crippen LogP contribution in [0, 0.1) is 6.92 Å². The smallest absolute Gasteiger partial charge is 0.268 e. The highest BCUT2D eigenvalue weighted by atomic mass is 79.9. The van der Waals surface area contributed by atoms with Gasteiger partial charge in [0.1, 0.15) is 0 Å². The number of rotatable bonds is 2. The first-order chi connectivity index (χ1) is 10.5. The van der Waals surface area contributed by atoms with Gasteiger partial charge in [-0.25, -0.2) is 0 Å². The lowest BCUT2D eigenvalue weighted by Crippen LogP contribution is -2.27. The predicted octanol–water partition coefficient (Wildman–Crippen LogP) is 5.16. The highest BCUT2D eigenvalue weighted by Gasteiger charge is 2.33. The first kappa shape index (κ1) is 15.5. The molecule has 2 aromatic carbocycles. The fourth-order valence-electron chi connectivity index (χ4n) is 2.17. The van der Waals surface area contributed by atoms with Crippen LogP contribution in [0.3, 0.4) is 0 Å². The number of carbonyl (C=O) groups is 1. The summed E-state index contributed by atoms with van der Waals surface area (Å²) in [5, 5.41) is 0. The molecular formula is C17H12BrNOS2. The van der Waals surface area contributed by atoms with E-state index in [1.165, 1.54) is 11.8 Å². The summed E-state index contributed by atoms with van der Waals surface area (Å²) in [6.45, 7) is 2.00. The largest absolute Gasteiger partial charge is 0.270 e. The third-order valence-electron chi connectivity index (χ3n) is 3.22. The van der Waals surface area contributed by atoms with Crippen molar-refractivity contribution in [1.29, 1.82) is 0 Å². The van der Waals surface area contributed by atoms with Crippen LogP contribution in [0.2, 0.25) is 0 Å². The van der Waals surface area contributed by atoms with Crippen LogP contribution in [0.4, 0.5) is 5.69 Å². The highest BCUT2D eigenvalue weighted by molar-refractivity contribution is 9.10. The van der Waals surface area contributed by atoms with E-state index < -0.39 is 0 Å². The van der Waals surface area contributed by atoms with Crippen LogP contribution < -0.4 is 4.90 Å². The van der Waals surface area contributed by atoms with Gasteiger partial charge >= 0.3 is 0 Å². The zero-order chi connectivity index (χ0) is 15.7. The molecule has 1 amide bonds. The predicted molar refractivity (Wildman–Crippen MR) is 101 cm³/mol. The molecule has 0 bridgehead atoms. The van der Waals surface area contributed by atoms with Crippen LogP contribution in [0.5, 0.6) is 0 Å². The van der Waals surface area contributed by atoms with E-state index in [2.05, 4.69) is 15.9 Å². The molecule has 1 aliphatic rings. The maximum absolute atomic E-state index is 12.6. The van der Waals surface area contributed by atoms with E-state index in [0.717, 1.165) is 21.3 Å². The molecule has 2 aromatic rings. The van der Waals surface area contributed by atoms with Gasteiger partial charge in [0.05, 0.1) is 10.6 Å². The van der Waals surface area contributed by atoms with Gasteiger partial charge in [-0.3, -0.25) is 9.69 Å². The normalized spacial score (nSPS) is 16.6. The molecule has 1 fully saturated rings. The number of aryl methyl sites for hydroxylation is 1. The van der Waals surface area contributed by atoms with E-state index in [-0.39, 0.29) is 5.91 Å². The SMILES string of the molecule is Cc1cccc(N2C(=O)C(=Cc3ccc(Br)cc3)SC2=S)c1. The van der Waals surface area contributed by atoms with Crippen molar-refractivity contribution in [2.45, 2.75) is 6.92 Å². The standard InChI is InChI=1S/C17H12BrNOS2/c1-11-3-2-4-14(9-11)19-16(20)15(22-17(19)21)10-12-5-7-13(18)8-6-12/h2-10H,1H3. The number of benzene rings is 2. The van der Waals surface area contributed by atoms with Gasteiger partial charge in [0.2, 0.25) is 0 Å². The molecule has 0 radical (unpaired) electrons. The lowest BCUT2D eigenvalue weighted by molar-refractivity contribution is -0.113. The van der Waals surface area contributed by atoms with E-state index in [9.17, 15) is 4.79 Å². The third kappa shape index (κ3) is 3.16. The zero-order valence-electron chi connectivity index (χ0n) is 11.7. The Hall–Kier alpha value is -1.43. The number of nitrogens with zero attached hydrogens (tertiary/aromatic N) is 1. The molecule has 1 saturated heterocycles. The average Bonchev–Trinajstić information content (AvgIpc) is 2.76. The second kappa shape index (κ2) is 6.36. The van der Waals surface area contributed by atoms with Crippen LogP contribution in [-0.2, 0) is 4.79 Å². The van der Waals surface area contributed by atoms with Gasteiger partial charge in [-0.05, 0) is 48.4 Å². The Balaban J connectivity index is 1.93. The highest BCUT2D eigenvalue weighted by Crippen LogP contribution is 2.36. The molecule has 1 heterocycles. The molecule has 22 heavy (non-hydrogen) atoms. The van der Waals surface area contributed by atoms with E-state index >= 15 is 0 Å². The number of halogens is 1. The molecule has 0 atom stereocenters. The molecule has 0 spiro atoms. The number of thiocarbonyl (C=S) groups is 1. The molecule has 1 aliphatic heterocycles. The van der Waals surface area contributed by atoms with Gasteiger partial charge in [-0.1, -0.05) is 64.2 Å². The van der Waals surface area contributed by atoms with E-state index in [1.54, 1.807) is 4.90 Å². The van der Waals surface area contributed by atoms with Gasteiger partial charge in [0.15, 0.2) is 4.32 Å². The molecule has 0 saturated carbocycles. The molecule has 0 aromatic heterocycles. The second-order valence-electron chi connectivity index (χ2n) is 4.91. The molecule has 2 nitrogen and oxygen atoms in total. The van der Waals surface area contributed by atoms with Crippen molar-refractivity contribution in [3.05, 3.63) is 69.0 Å². The van der Waals surface area contributed by atoms with Gasteiger partial charge < -0.3 is 0 Å². The van der Waals surface area contributed by atoms with Crippen LogP contribution in [0.15, 0.2) is 57.9 Å². The van der Waals surface area contributed by atoms with Crippen LogP contribution in [-0.4, -0.2) is 10.2 Å². The monoisotopic (exact) mass is 389 g/mol. The Morgan fingerprint density at radius 1 is 1.18 bits per heavy atom. The Bertz CT molecular complexity index is 784. The molecular weight excluding hydrogens is 378 g/mol. The second-order valence-corrected chi connectivity index (χ2v) is 7.50. The summed E-state index contributed by atoms with van der Waals surface area (Å²) >= 11 is 10.1. The summed E-state index contributed by atoms with van der Waals surface area (Å²) in [5.41, 5.74) is 2.90. The summed E-state index contributed by atoms with van der Waals surface area (Å²) in [7, 11) is 0. The van der Waals surface area contributed by atoms with Crippen molar-refractivity contribution in [2.75, 3.05) is 4.90 Å². The third-order valence-corrected chi connectivity index (χ3v) is 5.05. The average molecular weight is 390 g/mol. The summed E-state index contributed by atoms with van der Waals surface area (Å²) in [6.07, 6.45) is 1.88. The van der Waals surface area contributed by atoms with Crippen molar-refractivity contribution in [3.63, 3.8) is 0 Å². The number of hydrogen-bond acceptors (Lipinski definition) is 3. The number of amides is 1. The Labute approximate surface area is 147 Å². The molecule has 0 N–H and O–H groups in total. The number of hydrogen-bond donors (Lipinski definition) is 0. The van der Waals surface area contributed by atoms with Gasteiger partial charge in [0, 0.05) is 4.47 Å². The van der Waals surface area contributed by atoms with E-state index in [4.69, 9.17) is 12.2 Å². The summed E-state index contributed by atoms with van der Waals surface area (Å²) in [5.74, 6) is -0.0662. The summed E-state index contributed by atoms with van der Waals surface area (Å²) in [4.78, 5) is 14.9. The first-order valence-electron chi connectivity index (χ1n) is 6.65. The van der Waals surface area contributed by atoms with Gasteiger partial charge in [-0.15, -0.1) is 0 Å². The van der Waals surface area contributed by atoms with Crippen LogP contribution in [0.25, 0.3) is 6.08 Å². The molecule has 110 valence electrons.